The highest BCUT2D eigenvalue weighted by Crippen LogP contribution is 2.32. The van der Waals surface area contributed by atoms with Crippen molar-refractivity contribution in [2.75, 3.05) is 0 Å². The zero-order valence-electron chi connectivity index (χ0n) is 12.1. The summed E-state index contributed by atoms with van der Waals surface area (Å²) >= 11 is 0. The zero-order valence-corrected chi connectivity index (χ0v) is 12.1. The summed E-state index contributed by atoms with van der Waals surface area (Å²) in [4.78, 5) is 0. The summed E-state index contributed by atoms with van der Waals surface area (Å²) in [6.07, 6.45) is 2.12. The Balaban J connectivity index is 1.72. The first-order chi connectivity index (χ1) is 9.61. The summed E-state index contributed by atoms with van der Waals surface area (Å²) < 4.78 is 5.92. The number of rotatable bonds is 3. The molecule has 0 fully saturated rings. The largest absolute Gasteiger partial charge is 0.489 e. The van der Waals surface area contributed by atoms with Crippen molar-refractivity contribution >= 4 is 0 Å². The standard InChI is InChI=1S/C18H21NO/c1-12-7-13(2)9-14(8-12)11-20-16-4-5-17-15(10-16)3-6-18(17)19/h4-5,7-10,18H,3,6,11,19H2,1-2H3. The lowest BCUT2D eigenvalue weighted by Gasteiger charge is -2.10. The molecule has 1 unspecified atom stereocenters. The van der Waals surface area contributed by atoms with Gasteiger partial charge in [0.15, 0.2) is 0 Å². The molecule has 0 amide bonds. The molecule has 0 aliphatic heterocycles. The third kappa shape index (κ3) is 2.70. The molecule has 0 aromatic heterocycles. The van der Waals surface area contributed by atoms with Gasteiger partial charge in [0.05, 0.1) is 0 Å². The van der Waals surface area contributed by atoms with Gasteiger partial charge in [-0.1, -0.05) is 35.4 Å². The van der Waals surface area contributed by atoms with Crippen LogP contribution in [0.3, 0.4) is 0 Å². The highest BCUT2D eigenvalue weighted by Gasteiger charge is 2.19. The molecule has 0 heterocycles. The fraction of sp³-hybridized carbons (Fsp3) is 0.333. The maximum Gasteiger partial charge on any atom is 0.120 e. The topological polar surface area (TPSA) is 35.2 Å². The van der Waals surface area contributed by atoms with Gasteiger partial charge in [0.25, 0.3) is 0 Å². The molecule has 2 heteroatoms. The van der Waals surface area contributed by atoms with Crippen molar-refractivity contribution in [1.82, 2.24) is 0 Å². The van der Waals surface area contributed by atoms with Crippen molar-refractivity contribution in [3.8, 4) is 5.75 Å². The number of nitrogens with two attached hydrogens (primary N) is 1. The van der Waals surface area contributed by atoms with Crippen molar-refractivity contribution < 1.29 is 4.74 Å². The first kappa shape index (κ1) is 13.2. The van der Waals surface area contributed by atoms with Gasteiger partial charge in [0.1, 0.15) is 12.4 Å². The van der Waals surface area contributed by atoms with Crippen LogP contribution in [-0.4, -0.2) is 0 Å². The van der Waals surface area contributed by atoms with Crippen LogP contribution in [-0.2, 0) is 13.0 Å². The average Bonchev–Trinajstić information content (AvgIpc) is 2.77. The van der Waals surface area contributed by atoms with Gasteiger partial charge in [-0.15, -0.1) is 0 Å². The van der Waals surface area contributed by atoms with Crippen LogP contribution in [0, 0.1) is 13.8 Å². The zero-order chi connectivity index (χ0) is 14.1. The van der Waals surface area contributed by atoms with Crippen molar-refractivity contribution in [2.24, 2.45) is 5.73 Å². The Morgan fingerprint density at radius 1 is 1.10 bits per heavy atom. The molecule has 0 saturated carbocycles. The molecule has 1 atom stereocenters. The van der Waals surface area contributed by atoms with E-state index in [0.29, 0.717) is 6.61 Å². The third-order valence-corrected chi connectivity index (χ3v) is 3.93. The summed E-state index contributed by atoms with van der Waals surface area (Å²) in [5.41, 5.74) is 12.5. The lowest BCUT2D eigenvalue weighted by Crippen LogP contribution is -2.05. The molecule has 0 radical (unpaired) electrons. The van der Waals surface area contributed by atoms with E-state index in [2.05, 4.69) is 44.2 Å². The van der Waals surface area contributed by atoms with Gasteiger partial charge < -0.3 is 10.5 Å². The fourth-order valence-electron chi connectivity index (χ4n) is 3.04. The van der Waals surface area contributed by atoms with Crippen molar-refractivity contribution in [2.45, 2.75) is 39.3 Å². The summed E-state index contributed by atoms with van der Waals surface area (Å²) in [7, 11) is 0. The van der Waals surface area contributed by atoms with E-state index < -0.39 is 0 Å². The molecule has 1 aliphatic carbocycles. The van der Waals surface area contributed by atoms with E-state index >= 15 is 0 Å². The van der Waals surface area contributed by atoms with Crippen molar-refractivity contribution in [1.29, 1.82) is 0 Å². The predicted octanol–water partition coefficient (Wildman–Crippen LogP) is 3.83. The Morgan fingerprint density at radius 2 is 1.85 bits per heavy atom. The predicted molar refractivity (Wildman–Crippen MR) is 81.9 cm³/mol. The normalized spacial score (nSPS) is 17.1. The molecule has 2 aromatic carbocycles. The van der Waals surface area contributed by atoms with Crippen molar-refractivity contribution in [3.05, 3.63) is 64.2 Å². The molecule has 0 saturated heterocycles. The molecule has 20 heavy (non-hydrogen) atoms. The molecular weight excluding hydrogens is 246 g/mol. The van der Waals surface area contributed by atoms with Crippen LogP contribution in [0.2, 0.25) is 0 Å². The highest BCUT2D eigenvalue weighted by atomic mass is 16.5. The van der Waals surface area contributed by atoms with Gasteiger partial charge in [-0.3, -0.25) is 0 Å². The quantitative estimate of drug-likeness (QED) is 0.917. The maximum absolute atomic E-state index is 6.05. The van der Waals surface area contributed by atoms with E-state index in [1.165, 1.54) is 27.8 Å². The van der Waals surface area contributed by atoms with Crippen molar-refractivity contribution in [3.63, 3.8) is 0 Å². The number of ether oxygens (including phenoxy) is 1. The summed E-state index contributed by atoms with van der Waals surface area (Å²) in [6.45, 7) is 4.86. The number of fused-ring (bicyclic) bond motifs is 1. The minimum absolute atomic E-state index is 0.207. The molecule has 2 nitrogen and oxygen atoms in total. The summed E-state index contributed by atoms with van der Waals surface area (Å²) in [5, 5.41) is 0. The maximum atomic E-state index is 6.05. The van der Waals surface area contributed by atoms with Crippen LogP contribution in [0.25, 0.3) is 0 Å². The number of aryl methyl sites for hydroxylation is 3. The first-order valence-corrected chi connectivity index (χ1v) is 7.20. The van der Waals surface area contributed by atoms with E-state index in [-0.39, 0.29) is 6.04 Å². The monoisotopic (exact) mass is 267 g/mol. The number of benzene rings is 2. The second-order valence-corrected chi connectivity index (χ2v) is 5.79. The van der Waals surface area contributed by atoms with Crippen LogP contribution in [0.1, 0.15) is 40.3 Å². The summed E-state index contributed by atoms with van der Waals surface area (Å²) in [5.74, 6) is 0.942. The third-order valence-electron chi connectivity index (χ3n) is 3.93. The lowest BCUT2D eigenvalue weighted by atomic mass is 10.1. The minimum atomic E-state index is 0.207. The van der Waals surface area contributed by atoms with Crippen LogP contribution in [0.5, 0.6) is 5.75 Å². The van der Waals surface area contributed by atoms with E-state index in [0.717, 1.165) is 18.6 Å². The van der Waals surface area contributed by atoms with Crippen LogP contribution in [0.4, 0.5) is 0 Å². The fourth-order valence-corrected chi connectivity index (χ4v) is 3.04. The Kier molecular flexibility index (Phi) is 3.49. The lowest BCUT2D eigenvalue weighted by molar-refractivity contribution is 0.306. The second kappa shape index (κ2) is 5.29. The average molecular weight is 267 g/mol. The molecular formula is C18H21NO. The Labute approximate surface area is 120 Å². The molecule has 3 rings (SSSR count). The molecule has 2 N–H and O–H groups in total. The van der Waals surface area contributed by atoms with Gasteiger partial charge >= 0.3 is 0 Å². The van der Waals surface area contributed by atoms with E-state index in [9.17, 15) is 0 Å². The molecule has 1 aliphatic rings. The molecule has 104 valence electrons. The van der Waals surface area contributed by atoms with E-state index in [1.54, 1.807) is 0 Å². The molecule has 0 spiro atoms. The minimum Gasteiger partial charge on any atom is -0.489 e. The van der Waals surface area contributed by atoms with Gasteiger partial charge in [0.2, 0.25) is 0 Å². The summed E-state index contributed by atoms with van der Waals surface area (Å²) in [6, 6.07) is 13.0. The van der Waals surface area contributed by atoms with E-state index in [1.807, 2.05) is 6.07 Å². The SMILES string of the molecule is Cc1cc(C)cc(COc2ccc3c(c2)CCC3N)c1. The van der Waals surface area contributed by atoms with Gasteiger partial charge in [-0.2, -0.15) is 0 Å². The number of hydrogen-bond donors (Lipinski definition) is 1. The number of hydrogen-bond acceptors (Lipinski definition) is 2. The Hall–Kier alpha value is -1.80. The van der Waals surface area contributed by atoms with Crippen LogP contribution < -0.4 is 10.5 Å². The smallest absolute Gasteiger partial charge is 0.120 e. The highest BCUT2D eigenvalue weighted by molar-refractivity contribution is 5.40. The van der Waals surface area contributed by atoms with Gasteiger partial charge in [-0.05, 0) is 55.5 Å². The van der Waals surface area contributed by atoms with Crippen LogP contribution in [0.15, 0.2) is 36.4 Å². The Morgan fingerprint density at radius 3 is 2.60 bits per heavy atom. The Bertz CT molecular complexity index is 613. The molecule has 2 aromatic rings. The molecule has 0 bridgehead atoms. The van der Waals surface area contributed by atoms with Gasteiger partial charge in [0, 0.05) is 6.04 Å². The first-order valence-electron chi connectivity index (χ1n) is 7.20. The second-order valence-electron chi connectivity index (χ2n) is 5.79. The van der Waals surface area contributed by atoms with E-state index in [4.69, 9.17) is 10.5 Å². The van der Waals surface area contributed by atoms with Crippen LogP contribution >= 0.6 is 0 Å². The van der Waals surface area contributed by atoms with Gasteiger partial charge in [-0.25, -0.2) is 0 Å².